The summed E-state index contributed by atoms with van der Waals surface area (Å²) >= 11 is 0. The minimum atomic E-state index is 0.0575. The van der Waals surface area contributed by atoms with Gasteiger partial charge in [0, 0.05) is 16.5 Å². The van der Waals surface area contributed by atoms with Crippen LogP contribution in [0.15, 0.2) is 48.5 Å². The van der Waals surface area contributed by atoms with Crippen molar-refractivity contribution in [3.63, 3.8) is 0 Å². The summed E-state index contributed by atoms with van der Waals surface area (Å²) in [5.74, 6) is 0.0575. The summed E-state index contributed by atoms with van der Waals surface area (Å²) in [6.45, 7) is 2.07. The largest absolute Gasteiger partial charge is 0.494 e. The Morgan fingerprint density at radius 2 is 1.80 bits per heavy atom. The topological polar surface area (TPSA) is 59.9 Å². The molecule has 3 nitrogen and oxygen atoms in total. The Morgan fingerprint density at radius 3 is 2.60 bits per heavy atom. The fourth-order valence-corrected chi connectivity index (χ4v) is 2.59. The van der Waals surface area contributed by atoms with Crippen molar-refractivity contribution in [1.82, 2.24) is 4.98 Å². The summed E-state index contributed by atoms with van der Waals surface area (Å²) < 4.78 is 0. The first-order chi connectivity index (χ1) is 9.72. The molecule has 1 heterocycles. The van der Waals surface area contributed by atoms with Crippen molar-refractivity contribution in [2.75, 3.05) is 0 Å². The molecule has 3 rings (SSSR count). The highest BCUT2D eigenvalue weighted by atomic mass is 16.3. The molecule has 3 N–H and O–H groups in total. The molecular weight excluding hydrogens is 248 g/mol. The molecule has 3 heteroatoms. The van der Waals surface area contributed by atoms with E-state index in [2.05, 4.69) is 11.9 Å². The fraction of sp³-hybridized carbons (Fsp3) is 0.118. The van der Waals surface area contributed by atoms with E-state index in [0.717, 1.165) is 28.5 Å². The summed E-state index contributed by atoms with van der Waals surface area (Å²) in [6, 6.07) is 15.5. The van der Waals surface area contributed by atoms with Gasteiger partial charge >= 0.3 is 0 Å². The first kappa shape index (κ1) is 12.5. The number of aromatic hydroxyl groups is 1. The summed E-state index contributed by atoms with van der Waals surface area (Å²) in [4.78, 5) is 2.93. The van der Waals surface area contributed by atoms with Gasteiger partial charge in [0.15, 0.2) is 5.88 Å². The van der Waals surface area contributed by atoms with E-state index in [1.54, 1.807) is 0 Å². The molecule has 0 unspecified atom stereocenters. The zero-order valence-electron chi connectivity index (χ0n) is 11.3. The number of rotatable bonds is 3. The highest BCUT2D eigenvalue weighted by Crippen LogP contribution is 2.30. The van der Waals surface area contributed by atoms with Crippen LogP contribution in [0.5, 0.6) is 5.88 Å². The molecule has 20 heavy (non-hydrogen) atoms. The Kier molecular flexibility index (Phi) is 3.03. The molecule has 0 bridgehead atoms. The second-order valence-corrected chi connectivity index (χ2v) is 4.78. The number of aryl methyl sites for hydroxylation is 1. The molecule has 100 valence electrons. The number of benzene rings is 2. The lowest BCUT2D eigenvalue weighted by Gasteiger charge is -2.09. The van der Waals surface area contributed by atoms with Crippen LogP contribution in [-0.2, 0) is 6.42 Å². The van der Waals surface area contributed by atoms with Crippen molar-refractivity contribution in [3.8, 4) is 5.88 Å². The number of aromatic amines is 1. The van der Waals surface area contributed by atoms with E-state index in [1.165, 1.54) is 0 Å². The van der Waals surface area contributed by atoms with Crippen LogP contribution < -0.4 is 0 Å². The van der Waals surface area contributed by atoms with Gasteiger partial charge in [0.05, 0.1) is 11.3 Å². The first-order valence-corrected chi connectivity index (χ1v) is 6.69. The van der Waals surface area contributed by atoms with Crippen LogP contribution >= 0.6 is 0 Å². The van der Waals surface area contributed by atoms with E-state index in [4.69, 9.17) is 5.41 Å². The van der Waals surface area contributed by atoms with Crippen LogP contribution in [0.4, 0.5) is 0 Å². The van der Waals surface area contributed by atoms with Crippen molar-refractivity contribution in [1.29, 1.82) is 5.41 Å². The average Bonchev–Trinajstić information content (AvgIpc) is 2.82. The molecule has 0 atom stereocenters. The SMILES string of the molecule is CCc1ccccc1C(=N)c1c(O)[nH]c2ccccc12. The maximum atomic E-state index is 10.1. The highest BCUT2D eigenvalue weighted by molar-refractivity contribution is 6.20. The molecule has 0 spiro atoms. The van der Waals surface area contributed by atoms with E-state index in [-0.39, 0.29) is 5.88 Å². The number of nitrogens with one attached hydrogen (secondary N) is 2. The van der Waals surface area contributed by atoms with E-state index in [9.17, 15) is 5.11 Å². The van der Waals surface area contributed by atoms with Crippen molar-refractivity contribution < 1.29 is 5.11 Å². The van der Waals surface area contributed by atoms with Crippen molar-refractivity contribution in [2.24, 2.45) is 0 Å². The Morgan fingerprint density at radius 1 is 1.10 bits per heavy atom. The minimum absolute atomic E-state index is 0.0575. The third-order valence-electron chi connectivity index (χ3n) is 3.60. The van der Waals surface area contributed by atoms with E-state index in [0.29, 0.717) is 11.3 Å². The molecule has 0 aliphatic carbocycles. The second kappa shape index (κ2) is 4.85. The zero-order valence-corrected chi connectivity index (χ0v) is 11.3. The molecule has 1 aromatic heterocycles. The van der Waals surface area contributed by atoms with Crippen molar-refractivity contribution in [3.05, 3.63) is 65.2 Å². The lowest BCUT2D eigenvalue weighted by Crippen LogP contribution is -2.04. The average molecular weight is 264 g/mol. The van der Waals surface area contributed by atoms with Gasteiger partial charge in [0.25, 0.3) is 0 Å². The van der Waals surface area contributed by atoms with Crippen LogP contribution in [0.3, 0.4) is 0 Å². The van der Waals surface area contributed by atoms with Crippen LogP contribution in [-0.4, -0.2) is 15.8 Å². The lowest BCUT2D eigenvalue weighted by molar-refractivity contribution is 0.457. The zero-order chi connectivity index (χ0) is 14.1. The van der Waals surface area contributed by atoms with Gasteiger partial charge in [-0.1, -0.05) is 49.4 Å². The smallest absolute Gasteiger partial charge is 0.199 e. The maximum Gasteiger partial charge on any atom is 0.199 e. The van der Waals surface area contributed by atoms with Crippen molar-refractivity contribution >= 4 is 16.6 Å². The van der Waals surface area contributed by atoms with Crippen molar-refractivity contribution in [2.45, 2.75) is 13.3 Å². The molecule has 0 radical (unpaired) electrons. The molecule has 0 saturated heterocycles. The molecule has 0 fully saturated rings. The number of fused-ring (bicyclic) bond motifs is 1. The van der Waals surface area contributed by atoms with Gasteiger partial charge in [-0.3, -0.25) is 5.41 Å². The molecule has 3 aromatic rings. The van der Waals surface area contributed by atoms with Gasteiger partial charge < -0.3 is 10.1 Å². The highest BCUT2D eigenvalue weighted by Gasteiger charge is 2.17. The van der Waals surface area contributed by atoms with E-state index < -0.39 is 0 Å². The maximum absolute atomic E-state index is 10.1. The summed E-state index contributed by atoms with van der Waals surface area (Å²) in [5, 5.41) is 19.5. The first-order valence-electron chi connectivity index (χ1n) is 6.69. The van der Waals surface area contributed by atoms with Crippen LogP contribution in [0.2, 0.25) is 0 Å². The predicted octanol–water partition coefficient (Wildman–Crippen LogP) is 3.85. The quantitative estimate of drug-likeness (QED) is 0.618. The van der Waals surface area contributed by atoms with Gasteiger partial charge in [0.1, 0.15) is 0 Å². The van der Waals surface area contributed by atoms with Crippen LogP contribution in [0, 0.1) is 5.41 Å². The number of hydrogen-bond acceptors (Lipinski definition) is 2. The third-order valence-corrected chi connectivity index (χ3v) is 3.60. The Bertz CT molecular complexity index is 787. The van der Waals surface area contributed by atoms with Crippen LogP contribution in [0.25, 0.3) is 10.9 Å². The van der Waals surface area contributed by atoms with Gasteiger partial charge in [-0.15, -0.1) is 0 Å². The summed E-state index contributed by atoms with van der Waals surface area (Å²) in [7, 11) is 0. The van der Waals surface area contributed by atoms with Gasteiger partial charge in [-0.05, 0) is 18.1 Å². The van der Waals surface area contributed by atoms with Crippen LogP contribution in [0.1, 0.15) is 23.6 Å². The molecule has 0 amide bonds. The minimum Gasteiger partial charge on any atom is -0.494 e. The molecule has 0 aliphatic heterocycles. The molecular formula is C17H16N2O. The lowest BCUT2D eigenvalue weighted by atomic mass is 9.96. The Labute approximate surface area is 117 Å². The van der Waals surface area contributed by atoms with Gasteiger partial charge in [0.2, 0.25) is 0 Å². The number of H-pyrrole nitrogens is 1. The second-order valence-electron chi connectivity index (χ2n) is 4.78. The molecule has 0 saturated carbocycles. The summed E-state index contributed by atoms with van der Waals surface area (Å²) in [5.41, 5.74) is 3.76. The Hall–Kier alpha value is -2.55. The van der Waals surface area contributed by atoms with Gasteiger partial charge in [-0.25, -0.2) is 0 Å². The summed E-state index contributed by atoms with van der Waals surface area (Å²) in [6.07, 6.45) is 0.863. The normalized spacial score (nSPS) is 10.8. The standard InChI is InChI=1S/C17H16N2O/c1-2-11-7-3-4-8-12(11)16(18)15-13-9-5-6-10-14(13)19-17(15)20/h3-10,18-20H,2H2,1H3. The molecule has 0 aliphatic rings. The molecule has 2 aromatic carbocycles. The third kappa shape index (κ3) is 1.88. The fourth-order valence-electron chi connectivity index (χ4n) is 2.59. The number of aromatic nitrogens is 1. The monoisotopic (exact) mass is 264 g/mol. The number of para-hydroxylation sites is 1. The predicted molar refractivity (Wildman–Crippen MR) is 81.7 cm³/mol. The van der Waals surface area contributed by atoms with Gasteiger partial charge in [-0.2, -0.15) is 0 Å². The number of hydrogen-bond donors (Lipinski definition) is 3. The van der Waals surface area contributed by atoms with E-state index >= 15 is 0 Å². The Balaban J connectivity index is 2.20. The van der Waals surface area contributed by atoms with E-state index in [1.807, 2.05) is 48.5 Å².